The summed E-state index contributed by atoms with van der Waals surface area (Å²) >= 11 is 0. The number of hydroxylamine groups is 2. The smallest absolute Gasteiger partial charge is 0.349 e. The fraction of sp³-hybridized carbons (Fsp3) is 0.286. The lowest BCUT2D eigenvalue weighted by Crippen LogP contribution is -2.51. The molecule has 0 bridgehead atoms. The number of nitrogens with two attached hydrogens (primary N) is 1. The molecule has 3 aromatic rings. The third-order valence-corrected chi connectivity index (χ3v) is 6.88. The van der Waals surface area contributed by atoms with Crippen LogP contribution in [0.25, 0.3) is 11.3 Å². The average molecular weight is 536 g/mol. The molecule has 2 heterocycles. The number of nitrogens with zero attached hydrogens (tertiary/aromatic N) is 3. The number of amides is 1. The van der Waals surface area contributed by atoms with Crippen LogP contribution in [0, 0.1) is 18.6 Å². The minimum atomic E-state index is -0.702. The molecule has 39 heavy (non-hydrogen) atoms. The van der Waals surface area contributed by atoms with Gasteiger partial charge in [-0.1, -0.05) is 12.6 Å². The lowest BCUT2D eigenvalue weighted by atomic mass is 10.0. The van der Waals surface area contributed by atoms with Crippen LogP contribution in [0.4, 0.5) is 20.3 Å². The summed E-state index contributed by atoms with van der Waals surface area (Å²) in [6.07, 6.45) is 5.02. The fourth-order valence-corrected chi connectivity index (χ4v) is 4.39. The van der Waals surface area contributed by atoms with Crippen molar-refractivity contribution in [2.75, 3.05) is 24.2 Å². The number of carbonyl (C=O) groups is 2. The molecule has 11 heteroatoms. The third-order valence-electron chi connectivity index (χ3n) is 6.88. The predicted octanol–water partition coefficient (Wildman–Crippen LogP) is 4.54. The van der Waals surface area contributed by atoms with Gasteiger partial charge in [-0.15, -0.1) is 5.06 Å². The van der Waals surface area contributed by atoms with E-state index < -0.39 is 23.5 Å². The standard InChI is InChI=1S/C28H27F2N5O4/c1-3-24(36)39-35-9-8-19(35)13-38-26-25(32-14-33-27(26)31)21-11-18(29)12-23(15(21)2)34-28(37)20-7-6-17(10-22(20)30)16-4-5-16/h3,6-7,10-12,14,16,19H,1,4-5,8-9,13H2,2H3,(H,34,37)(H2,31,32,33)/t19-/m0/s1. The molecule has 1 aliphatic carbocycles. The molecule has 2 fully saturated rings. The number of benzene rings is 2. The molecule has 3 N–H and O–H groups in total. The molecule has 1 aliphatic heterocycles. The average Bonchev–Trinajstić information content (AvgIpc) is 3.75. The molecule has 1 aromatic heterocycles. The highest BCUT2D eigenvalue weighted by Crippen LogP contribution is 2.41. The first kappa shape index (κ1) is 26.2. The number of rotatable bonds is 9. The summed E-state index contributed by atoms with van der Waals surface area (Å²) < 4.78 is 35.4. The Morgan fingerprint density at radius 1 is 1.21 bits per heavy atom. The summed E-state index contributed by atoms with van der Waals surface area (Å²) in [4.78, 5) is 37.8. The molecule has 1 saturated carbocycles. The summed E-state index contributed by atoms with van der Waals surface area (Å²) in [6, 6.07) is 6.73. The predicted molar refractivity (Wildman–Crippen MR) is 140 cm³/mol. The maximum Gasteiger partial charge on any atom is 0.349 e. The van der Waals surface area contributed by atoms with E-state index in [9.17, 15) is 18.4 Å². The van der Waals surface area contributed by atoms with E-state index in [4.69, 9.17) is 15.3 Å². The molecule has 2 aromatic carbocycles. The number of halogens is 2. The van der Waals surface area contributed by atoms with Crippen LogP contribution in [-0.2, 0) is 9.63 Å². The van der Waals surface area contributed by atoms with Crippen molar-refractivity contribution in [2.24, 2.45) is 0 Å². The second-order valence-corrected chi connectivity index (χ2v) is 9.54. The van der Waals surface area contributed by atoms with Crippen LogP contribution in [0.15, 0.2) is 49.3 Å². The number of nitrogens with one attached hydrogen (secondary N) is 1. The van der Waals surface area contributed by atoms with Gasteiger partial charge in [0.25, 0.3) is 5.91 Å². The Balaban J connectivity index is 1.38. The quantitative estimate of drug-likeness (QED) is 0.384. The van der Waals surface area contributed by atoms with E-state index in [1.54, 1.807) is 13.0 Å². The first-order chi connectivity index (χ1) is 18.7. The molecule has 1 saturated heterocycles. The Morgan fingerprint density at radius 2 is 2.00 bits per heavy atom. The van der Waals surface area contributed by atoms with Gasteiger partial charge in [0.2, 0.25) is 0 Å². The van der Waals surface area contributed by atoms with E-state index in [1.807, 2.05) is 0 Å². The normalized spacial score (nSPS) is 16.7. The highest BCUT2D eigenvalue weighted by molar-refractivity contribution is 6.05. The lowest BCUT2D eigenvalue weighted by Gasteiger charge is -2.37. The zero-order chi connectivity index (χ0) is 27.7. The molecule has 2 aliphatic rings. The minimum absolute atomic E-state index is 0.0287. The van der Waals surface area contributed by atoms with E-state index in [0.717, 1.165) is 30.5 Å². The van der Waals surface area contributed by atoms with E-state index in [2.05, 4.69) is 21.9 Å². The number of aromatic nitrogens is 2. The Kier molecular flexibility index (Phi) is 7.25. The van der Waals surface area contributed by atoms with E-state index in [0.29, 0.717) is 30.0 Å². The molecule has 5 rings (SSSR count). The third kappa shape index (κ3) is 5.58. The molecule has 0 radical (unpaired) electrons. The van der Waals surface area contributed by atoms with Crippen LogP contribution in [0.1, 0.15) is 46.7 Å². The van der Waals surface area contributed by atoms with E-state index >= 15 is 0 Å². The molecule has 1 amide bonds. The van der Waals surface area contributed by atoms with Gasteiger partial charge in [0.1, 0.15) is 30.3 Å². The van der Waals surface area contributed by atoms with Crippen LogP contribution >= 0.6 is 0 Å². The molecule has 1 atom stereocenters. The zero-order valence-electron chi connectivity index (χ0n) is 21.2. The van der Waals surface area contributed by atoms with Crippen molar-refractivity contribution in [1.29, 1.82) is 0 Å². The number of hydrogen-bond donors (Lipinski definition) is 2. The lowest BCUT2D eigenvalue weighted by molar-refractivity contribution is -0.226. The van der Waals surface area contributed by atoms with Crippen molar-refractivity contribution < 1.29 is 27.9 Å². The minimum Gasteiger partial charge on any atom is -0.486 e. The van der Waals surface area contributed by atoms with Crippen molar-refractivity contribution in [3.8, 4) is 17.0 Å². The number of anilines is 2. The second-order valence-electron chi connectivity index (χ2n) is 9.54. The molecular weight excluding hydrogens is 508 g/mol. The topological polar surface area (TPSA) is 120 Å². The molecule has 9 nitrogen and oxygen atoms in total. The van der Waals surface area contributed by atoms with Gasteiger partial charge in [-0.2, -0.15) is 0 Å². The van der Waals surface area contributed by atoms with Crippen molar-refractivity contribution >= 4 is 23.4 Å². The summed E-state index contributed by atoms with van der Waals surface area (Å²) in [5, 5.41) is 4.09. The molecular formula is C28H27F2N5O4. The van der Waals surface area contributed by atoms with Crippen LogP contribution < -0.4 is 15.8 Å². The van der Waals surface area contributed by atoms with Crippen LogP contribution in [0.3, 0.4) is 0 Å². The molecule has 202 valence electrons. The van der Waals surface area contributed by atoms with Gasteiger partial charge in [-0.25, -0.2) is 23.5 Å². The van der Waals surface area contributed by atoms with Gasteiger partial charge in [0.05, 0.1) is 11.6 Å². The van der Waals surface area contributed by atoms with Gasteiger partial charge >= 0.3 is 5.97 Å². The zero-order valence-corrected chi connectivity index (χ0v) is 21.2. The SMILES string of the molecule is C=CC(=O)ON1CC[C@H]1COc1c(N)ncnc1-c1cc(F)cc(NC(=O)c2ccc(C3CC3)cc2F)c1C. The van der Waals surface area contributed by atoms with Gasteiger partial charge in [-0.3, -0.25) is 4.79 Å². The van der Waals surface area contributed by atoms with Gasteiger partial charge in [0.15, 0.2) is 11.6 Å². The Morgan fingerprint density at radius 3 is 2.67 bits per heavy atom. The van der Waals surface area contributed by atoms with Gasteiger partial charge < -0.3 is 20.6 Å². The summed E-state index contributed by atoms with van der Waals surface area (Å²) in [7, 11) is 0. The van der Waals surface area contributed by atoms with Crippen molar-refractivity contribution in [3.05, 3.63) is 77.6 Å². The van der Waals surface area contributed by atoms with Crippen molar-refractivity contribution in [2.45, 2.75) is 38.1 Å². The summed E-state index contributed by atoms with van der Waals surface area (Å²) in [6.45, 7) is 5.69. The van der Waals surface area contributed by atoms with Crippen LogP contribution in [0.5, 0.6) is 5.75 Å². The fourth-order valence-electron chi connectivity index (χ4n) is 4.39. The van der Waals surface area contributed by atoms with Crippen LogP contribution in [0.2, 0.25) is 0 Å². The first-order valence-electron chi connectivity index (χ1n) is 12.5. The van der Waals surface area contributed by atoms with Crippen molar-refractivity contribution in [1.82, 2.24) is 15.0 Å². The number of nitrogen functional groups attached to an aromatic ring is 1. The molecule has 0 unspecified atom stereocenters. The van der Waals surface area contributed by atoms with Crippen molar-refractivity contribution in [3.63, 3.8) is 0 Å². The van der Waals surface area contributed by atoms with E-state index in [-0.39, 0.29) is 41.2 Å². The summed E-state index contributed by atoms with van der Waals surface area (Å²) in [5.74, 6) is -2.07. The molecule has 0 spiro atoms. The highest BCUT2D eigenvalue weighted by Gasteiger charge is 2.32. The Labute approximate surface area is 223 Å². The largest absolute Gasteiger partial charge is 0.486 e. The number of ether oxygens (including phenoxy) is 1. The highest BCUT2D eigenvalue weighted by atomic mass is 19.1. The maximum absolute atomic E-state index is 14.8. The first-order valence-corrected chi connectivity index (χ1v) is 12.5. The van der Waals surface area contributed by atoms with Gasteiger partial charge in [-0.05, 0) is 67.5 Å². The number of hydrogen-bond acceptors (Lipinski definition) is 8. The second kappa shape index (κ2) is 10.8. The van der Waals surface area contributed by atoms with E-state index in [1.165, 1.54) is 29.6 Å². The Bertz CT molecular complexity index is 1460. The monoisotopic (exact) mass is 535 g/mol. The Hall–Kier alpha value is -4.38. The summed E-state index contributed by atoms with van der Waals surface area (Å²) in [5.41, 5.74) is 7.94. The van der Waals surface area contributed by atoms with Gasteiger partial charge in [0, 0.05) is 23.9 Å². The number of carbonyl (C=O) groups excluding carboxylic acids is 2. The maximum atomic E-state index is 14.8. The van der Waals surface area contributed by atoms with Crippen LogP contribution in [-0.4, -0.2) is 46.1 Å².